The lowest BCUT2D eigenvalue weighted by atomic mass is 10.1. The van der Waals surface area contributed by atoms with Gasteiger partial charge in [0.25, 0.3) is 0 Å². The summed E-state index contributed by atoms with van der Waals surface area (Å²) in [6.07, 6.45) is 3.22. The van der Waals surface area contributed by atoms with E-state index in [2.05, 4.69) is 67.1 Å². The van der Waals surface area contributed by atoms with Crippen molar-refractivity contribution in [2.24, 2.45) is 0 Å². The number of anilines is 1. The largest absolute Gasteiger partial charge is 0.355 e. The minimum atomic E-state index is 0.145. The van der Waals surface area contributed by atoms with Crippen LogP contribution in [0.1, 0.15) is 32.8 Å². The van der Waals surface area contributed by atoms with Crippen LogP contribution in [0.2, 0.25) is 0 Å². The van der Waals surface area contributed by atoms with E-state index < -0.39 is 0 Å². The quantitative estimate of drug-likeness (QED) is 0.912. The Morgan fingerprint density at radius 1 is 1.35 bits per heavy atom. The van der Waals surface area contributed by atoms with Gasteiger partial charge in [-0.05, 0) is 52.9 Å². The molecule has 112 valence electrons. The first-order valence-electron chi connectivity index (χ1n) is 7.46. The molecule has 4 heteroatoms. The molecule has 0 saturated carbocycles. The van der Waals surface area contributed by atoms with Crippen molar-refractivity contribution in [1.29, 1.82) is 0 Å². The third-order valence-electron chi connectivity index (χ3n) is 3.85. The predicted molar refractivity (Wildman–Crippen MR) is 85.1 cm³/mol. The summed E-state index contributed by atoms with van der Waals surface area (Å²) in [5, 5.41) is 3.49. The van der Waals surface area contributed by atoms with Crippen molar-refractivity contribution in [3.8, 4) is 0 Å². The maximum absolute atomic E-state index is 4.62. The van der Waals surface area contributed by atoms with E-state index in [-0.39, 0.29) is 5.54 Å². The van der Waals surface area contributed by atoms with Crippen LogP contribution in [-0.2, 0) is 6.54 Å². The summed E-state index contributed by atoms with van der Waals surface area (Å²) < 4.78 is 0. The van der Waals surface area contributed by atoms with E-state index in [0.717, 1.165) is 25.5 Å². The highest BCUT2D eigenvalue weighted by molar-refractivity contribution is 5.41. The third-order valence-corrected chi connectivity index (χ3v) is 3.85. The molecule has 0 spiro atoms. The second-order valence-corrected chi connectivity index (χ2v) is 6.98. The lowest BCUT2D eigenvalue weighted by Crippen LogP contribution is -2.35. The lowest BCUT2D eigenvalue weighted by molar-refractivity contribution is 0.315. The van der Waals surface area contributed by atoms with E-state index in [9.17, 15) is 0 Å². The van der Waals surface area contributed by atoms with E-state index in [0.29, 0.717) is 6.04 Å². The van der Waals surface area contributed by atoms with Crippen molar-refractivity contribution >= 4 is 5.82 Å². The number of aromatic nitrogens is 1. The maximum Gasteiger partial charge on any atom is 0.128 e. The van der Waals surface area contributed by atoms with Crippen LogP contribution in [-0.4, -0.2) is 48.6 Å². The monoisotopic (exact) mass is 276 g/mol. The van der Waals surface area contributed by atoms with Crippen molar-refractivity contribution < 1.29 is 0 Å². The lowest BCUT2D eigenvalue weighted by Gasteiger charge is -2.22. The van der Waals surface area contributed by atoms with Crippen LogP contribution in [0.25, 0.3) is 0 Å². The SMILES string of the molecule is CN(C)C1CCN(c2ccc(CNC(C)(C)C)cn2)C1. The highest BCUT2D eigenvalue weighted by Crippen LogP contribution is 2.20. The summed E-state index contributed by atoms with van der Waals surface area (Å²) >= 11 is 0. The van der Waals surface area contributed by atoms with Gasteiger partial charge in [0.15, 0.2) is 0 Å². The highest BCUT2D eigenvalue weighted by atomic mass is 15.3. The molecule has 0 aromatic carbocycles. The van der Waals surface area contributed by atoms with Gasteiger partial charge in [0.05, 0.1) is 0 Å². The molecule has 1 unspecified atom stereocenters. The number of hydrogen-bond acceptors (Lipinski definition) is 4. The molecule has 1 aliphatic heterocycles. The Kier molecular flexibility index (Phi) is 4.66. The van der Waals surface area contributed by atoms with Gasteiger partial charge in [0.1, 0.15) is 5.82 Å². The van der Waals surface area contributed by atoms with E-state index in [1.165, 1.54) is 12.0 Å². The fraction of sp³-hybridized carbons (Fsp3) is 0.688. The van der Waals surface area contributed by atoms with Crippen LogP contribution in [0.4, 0.5) is 5.82 Å². The molecule has 0 bridgehead atoms. The van der Waals surface area contributed by atoms with Crippen molar-refractivity contribution in [2.75, 3.05) is 32.1 Å². The number of hydrogen-bond donors (Lipinski definition) is 1. The molecule has 2 heterocycles. The molecular formula is C16H28N4. The van der Waals surface area contributed by atoms with Gasteiger partial charge in [0.2, 0.25) is 0 Å². The maximum atomic E-state index is 4.62. The number of likely N-dealkylation sites (N-methyl/N-ethyl adjacent to an activating group) is 1. The summed E-state index contributed by atoms with van der Waals surface area (Å²) in [5.74, 6) is 1.11. The second kappa shape index (κ2) is 6.10. The number of nitrogens with one attached hydrogen (secondary N) is 1. The minimum absolute atomic E-state index is 0.145. The van der Waals surface area contributed by atoms with Crippen LogP contribution in [0.15, 0.2) is 18.3 Å². The first-order chi connectivity index (χ1) is 9.35. The molecule has 20 heavy (non-hydrogen) atoms. The molecule has 4 nitrogen and oxygen atoms in total. The zero-order chi connectivity index (χ0) is 14.8. The van der Waals surface area contributed by atoms with Crippen molar-refractivity contribution in [1.82, 2.24) is 15.2 Å². The Morgan fingerprint density at radius 2 is 2.10 bits per heavy atom. The van der Waals surface area contributed by atoms with Gasteiger partial charge in [-0.2, -0.15) is 0 Å². The molecule has 0 aliphatic carbocycles. The molecule has 0 amide bonds. The molecule has 1 fully saturated rings. The zero-order valence-electron chi connectivity index (χ0n) is 13.5. The van der Waals surface area contributed by atoms with Gasteiger partial charge in [-0.1, -0.05) is 6.07 Å². The molecule has 1 aliphatic rings. The van der Waals surface area contributed by atoms with Crippen molar-refractivity contribution in [3.05, 3.63) is 23.9 Å². The summed E-state index contributed by atoms with van der Waals surface area (Å²) in [6, 6.07) is 4.99. The highest BCUT2D eigenvalue weighted by Gasteiger charge is 2.24. The smallest absolute Gasteiger partial charge is 0.128 e. The van der Waals surface area contributed by atoms with Gasteiger partial charge in [-0.15, -0.1) is 0 Å². The molecular weight excluding hydrogens is 248 g/mol. The van der Waals surface area contributed by atoms with Crippen LogP contribution in [0, 0.1) is 0 Å². The van der Waals surface area contributed by atoms with E-state index in [1.807, 2.05) is 6.20 Å². The molecule has 1 atom stereocenters. The van der Waals surface area contributed by atoms with Gasteiger partial charge in [-0.3, -0.25) is 0 Å². The Labute approximate surface area is 123 Å². The van der Waals surface area contributed by atoms with E-state index in [4.69, 9.17) is 0 Å². The Morgan fingerprint density at radius 3 is 2.60 bits per heavy atom. The average molecular weight is 276 g/mol. The number of nitrogens with zero attached hydrogens (tertiary/aromatic N) is 3. The minimum Gasteiger partial charge on any atom is -0.355 e. The first-order valence-corrected chi connectivity index (χ1v) is 7.46. The standard InChI is InChI=1S/C16H28N4/c1-16(2,3)18-11-13-6-7-15(17-10-13)20-9-8-14(12-20)19(4)5/h6-7,10,14,18H,8-9,11-12H2,1-5H3. The van der Waals surface area contributed by atoms with Gasteiger partial charge in [0, 0.05) is 37.4 Å². The zero-order valence-corrected chi connectivity index (χ0v) is 13.5. The van der Waals surface area contributed by atoms with Gasteiger partial charge in [-0.25, -0.2) is 4.98 Å². The molecule has 1 aromatic rings. The summed E-state index contributed by atoms with van der Waals surface area (Å²) in [7, 11) is 4.31. The summed E-state index contributed by atoms with van der Waals surface area (Å²) in [5.41, 5.74) is 1.39. The van der Waals surface area contributed by atoms with Crippen LogP contribution in [0.3, 0.4) is 0 Å². The molecule has 1 N–H and O–H groups in total. The summed E-state index contributed by atoms with van der Waals surface area (Å²) in [4.78, 5) is 9.31. The van der Waals surface area contributed by atoms with Crippen LogP contribution in [0.5, 0.6) is 0 Å². The molecule has 1 aromatic heterocycles. The Balaban J connectivity index is 1.92. The van der Waals surface area contributed by atoms with Crippen LogP contribution < -0.4 is 10.2 Å². The average Bonchev–Trinajstić information content (AvgIpc) is 2.86. The van der Waals surface area contributed by atoms with Crippen molar-refractivity contribution in [3.63, 3.8) is 0 Å². The fourth-order valence-corrected chi connectivity index (χ4v) is 2.45. The normalized spacial score (nSPS) is 19.9. The fourth-order valence-electron chi connectivity index (χ4n) is 2.45. The third kappa shape index (κ3) is 4.18. The van der Waals surface area contributed by atoms with Gasteiger partial charge >= 0.3 is 0 Å². The predicted octanol–water partition coefficient (Wildman–Crippen LogP) is 2.11. The van der Waals surface area contributed by atoms with Crippen LogP contribution >= 0.6 is 0 Å². The van der Waals surface area contributed by atoms with Crippen molar-refractivity contribution in [2.45, 2.75) is 45.3 Å². The number of rotatable bonds is 4. The van der Waals surface area contributed by atoms with E-state index in [1.54, 1.807) is 0 Å². The topological polar surface area (TPSA) is 31.4 Å². The van der Waals surface area contributed by atoms with Gasteiger partial charge < -0.3 is 15.1 Å². The summed E-state index contributed by atoms with van der Waals surface area (Å²) in [6.45, 7) is 9.60. The Hall–Kier alpha value is -1.13. The Bertz CT molecular complexity index is 419. The molecule has 0 radical (unpaired) electrons. The molecule has 1 saturated heterocycles. The second-order valence-electron chi connectivity index (χ2n) is 6.98. The first kappa shape index (κ1) is 15.3. The molecule has 2 rings (SSSR count). The van der Waals surface area contributed by atoms with E-state index >= 15 is 0 Å². The number of pyridine rings is 1.